The SMILES string of the molecule is CCCCC/C=C\CC(CC(=O)OC1[C@H](O)C(CO)O[C@@H](O)[C@H]1O)C(=O)[O-].CCCCCC/C=C/C1CC(=O)OC1=O.OCC1O[C@@H](O)[C@@H](O)C(O)[C@@H]1O.[Na+]. The van der Waals surface area contributed by atoms with Gasteiger partial charge in [-0.3, -0.25) is 14.4 Å². The van der Waals surface area contributed by atoms with Crippen molar-refractivity contribution in [1.82, 2.24) is 0 Å². The van der Waals surface area contributed by atoms with Crippen LogP contribution in [0.3, 0.4) is 0 Å². The maximum Gasteiger partial charge on any atom is 1.00 e. The van der Waals surface area contributed by atoms with Crippen molar-refractivity contribution in [2.24, 2.45) is 11.8 Å². The molecule has 6 unspecified atom stereocenters. The molecule has 19 heteroatoms. The largest absolute Gasteiger partial charge is 1.00 e. The van der Waals surface area contributed by atoms with Crippen LogP contribution in [-0.2, 0) is 38.1 Å². The number of carbonyl (C=O) groups excluding carboxylic acids is 4. The smallest absolute Gasteiger partial charge is 0.550 e. The van der Waals surface area contributed by atoms with Gasteiger partial charge in [-0.1, -0.05) is 70.3 Å². The van der Waals surface area contributed by atoms with Crippen molar-refractivity contribution in [3.05, 3.63) is 24.3 Å². The fraction of sp³-hybridized carbons (Fsp3) is 0.778. The molecule has 312 valence electrons. The predicted octanol–water partition coefficient (Wildman–Crippen LogP) is -5.00. The Labute approximate surface area is 343 Å². The zero-order valence-corrected chi connectivity index (χ0v) is 33.8. The van der Waals surface area contributed by atoms with Gasteiger partial charge in [-0.2, -0.15) is 0 Å². The zero-order chi connectivity index (χ0) is 40.8. The van der Waals surface area contributed by atoms with Crippen molar-refractivity contribution < 1.29 is 119 Å². The van der Waals surface area contributed by atoms with Gasteiger partial charge in [-0.25, -0.2) is 0 Å². The summed E-state index contributed by atoms with van der Waals surface area (Å²) in [5.41, 5.74) is 0. The second-order valence-electron chi connectivity index (χ2n) is 13.2. The molecule has 9 N–H and O–H groups in total. The molecule has 3 aliphatic heterocycles. The number of aliphatic hydroxyl groups excluding tert-OH is 9. The molecule has 0 aromatic rings. The molecule has 0 spiro atoms. The van der Waals surface area contributed by atoms with Crippen LogP contribution in [0.15, 0.2) is 24.3 Å². The van der Waals surface area contributed by atoms with Gasteiger partial charge in [0.1, 0.15) is 42.7 Å². The number of cyclic esters (lactones) is 2. The van der Waals surface area contributed by atoms with Gasteiger partial charge in [0, 0.05) is 11.9 Å². The Bertz CT molecular complexity index is 1160. The van der Waals surface area contributed by atoms with E-state index in [9.17, 15) is 39.6 Å². The maximum atomic E-state index is 12.0. The molecule has 0 amide bonds. The van der Waals surface area contributed by atoms with Crippen molar-refractivity contribution in [2.75, 3.05) is 13.2 Å². The summed E-state index contributed by atoms with van der Waals surface area (Å²) in [7, 11) is 0. The first kappa shape index (κ1) is 53.1. The Morgan fingerprint density at radius 3 is 1.85 bits per heavy atom. The van der Waals surface area contributed by atoms with Gasteiger partial charge < -0.3 is 74.8 Å². The van der Waals surface area contributed by atoms with Gasteiger partial charge in [-0.15, -0.1) is 0 Å². The van der Waals surface area contributed by atoms with E-state index in [0.717, 1.165) is 38.5 Å². The molecule has 0 radical (unpaired) electrons. The molecule has 0 aromatic heterocycles. The average Bonchev–Trinajstić information content (AvgIpc) is 3.47. The molecule has 0 saturated carbocycles. The quantitative estimate of drug-likeness (QED) is 0.0206. The van der Waals surface area contributed by atoms with Crippen LogP contribution in [-0.4, -0.2) is 144 Å². The number of carboxylic acid groups (broad SMARTS) is 1. The number of ether oxygens (including phenoxy) is 4. The Morgan fingerprint density at radius 1 is 0.764 bits per heavy atom. The fourth-order valence-corrected chi connectivity index (χ4v) is 5.43. The predicted molar refractivity (Wildman–Crippen MR) is 184 cm³/mol. The molecule has 3 saturated heterocycles. The van der Waals surface area contributed by atoms with Gasteiger partial charge in [0.2, 0.25) is 0 Å². The Hall–Kier alpha value is -1.88. The molecule has 3 aliphatic rings. The van der Waals surface area contributed by atoms with Gasteiger partial charge in [0.05, 0.1) is 32.0 Å². The van der Waals surface area contributed by atoms with Crippen LogP contribution >= 0.6 is 0 Å². The topological polar surface area (TPSA) is 310 Å². The van der Waals surface area contributed by atoms with E-state index in [-0.39, 0.29) is 48.3 Å². The number of unbranched alkanes of at least 4 members (excludes halogenated alkanes) is 7. The Balaban J connectivity index is 0.000000874. The Kier molecular flexibility index (Phi) is 28.3. The van der Waals surface area contributed by atoms with Crippen LogP contribution in [0.25, 0.3) is 0 Å². The summed E-state index contributed by atoms with van der Waals surface area (Å²) in [5.74, 6) is -4.63. The molecule has 0 aliphatic carbocycles. The van der Waals surface area contributed by atoms with E-state index in [2.05, 4.69) is 23.3 Å². The van der Waals surface area contributed by atoms with E-state index < -0.39 is 111 Å². The number of hydrogen-bond acceptors (Lipinski definition) is 18. The van der Waals surface area contributed by atoms with Crippen LogP contribution in [0, 0.1) is 11.8 Å². The second-order valence-corrected chi connectivity index (χ2v) is 13.2. The summed E-state index contributed by atoms with van der Waals surface area (Å²) < 4.78 is 18.8. The van der Waals surface area contributed by atoms with Gasteiger partial charge >= 0.3 is 47.5 Å². The van der Waals surface area contributed by atoms with Crippen LogP contribution in [0.4, 0.5) is 0 Å². The number of allylic oxidation sites excluding steroid dienone is 3. The third-order valence-corrected chi connectivity index (χ3v) is 8.78. The van der Waals surface area contributed by atoms with Crippen molar-refractivity contribution in [2.45, 2.75) is 152 Å². The summed E-state index contributed by atoms with van der Waals surface area (Å²) in [4.78, 5) is 45.1. The van der Waals surface area contributed by atoms with Gasteiger partial charge in [0.25, 0.3) is 0 Å². The van der Waals surface area contributed by atoms with Crippen molar-refractivity contribution in [1.29, 1.82) is 0 Å². The molecular weight excluding hydrogens is 743 g/mol. The molecule has 3 fully saturated rings. The normalized spacial score (nSPS) is 31.1. The number of esters is 3. The van der Waals surface area contributed by atoms with E-state index in [1.54, 1.807) is 12.2 Å². The van der Waals surface area contributed by atoms with Gasteiger partial charge in [-0.05, 0) is 32.1 Å². The van der Waals surface area contributed by atoms with E-state index in [4.69, 9.17) is 40.1 Å². The molecule has 3 heterocycles. The number of aliphatic hydroxyl groups is 9. The second kappa shape index (κ2) is 29.4. The molecule has 55 heavy (non-hydrogen) atoms. The number of carbonyl (C=O) groups is 4. The van der Waals surface area contributed by atoms with Crippen molar-refractivity contribution >= 4 is 23.9 Å². The number of hydrogen-bond donors (Lipinski definition) is 9. The van der Waals surface area contributed by atoms with Crippen LogP contribution in [0.5, 0.6) is 0 Å². The standard InChI is InChI=1S/C18H30O9.C12H18O3.C6H12O6.Na/c1-2-3-4-5-6-7-8-11(17(23)24)9-13(20)27-16-14(21)12(10-19)26-18(25)15(16)22;1-2-3-4-5-6-7-8-10-9-11(13)15-12(10)14;7-1-2-3(8)4(9)5(10)6(11)12-2;/h6-7,11-12,14-16,18-19,21-22,25H,2-5,8-10H2,1H3,(H,23,24);7-8,10H,2-6,9H2,1H3;2-11H,1H2;/q;;;+1/p-1/b7-6-;8-7+;;/t11?,12?,14-,15+,16?,18-;;2?,3-,4?,5+,6-;/m1.1./s1. The first-order chi connectivity index (χ1) is 25.6. The summed E-state index contributed by atoms with van der Waals surface area (Å²) in [5, 5.41) is 94.3. The minimum atomic E-state index is -1.76. The third kappa shape index (κ3) is 19.4. The first-order valence-electron chi connectivity index (χ1n) is 18.4. The van der Waals surface area contributed by atoms with Crippen LogP contribution in [0.2, 0.25) is 0 Å². The monoisotopic (exact) mass is 802 g/mol. The van der Waals surface area contributed by atoms with E-state index in [1.165, 1.54) is 19.3 Å². The Morgan fingerprint density at radius 2 is 1.31 bits per heavy atom. The van der Waals surface area contributed by atoms with E-state index in [0.29, 0.717) is 0 Å². The van der Waals surface area contributed by atoms with E-state index >= 15 is 0 Å². The van der Waals surface area contributed by atoms with E-state index in [1.807, 2.05) is 12.2 Å². The summed E-state index contributed by atoms with van der Waals surface area (Å²) in [6.07, 6.45) is 2.04. The third-order valence-electron chi connectivity index (χ3n) is 8.78. The molecule has 3 rings (SSSR count). The average molecular weight is 803 g/mol. The maximum absolute atomic E-state index is 12.0. The van der Waals surface area contributed by atoms with Crippen LogP contribution < -0.4 is 34.7 Å². The zero-order valence-electron chi connectivity index (χ0n) is 31.8. The molecule has 0 aromatic carbocycles. The first-order valence-corrected chi connectivity index (χ1v) is 18.4. The summed E-state index contributed by atoms with van der Waals surface area (Å²) in [6, 6.07) is 0. The minimum Gasteiger partial charge on any atom is -0.550 e. The molecular formula is C36H59NaO18. The number of aliphatic carboxylic acids is 1. The van der Waals surface area contributed by atoms with Crippen molar-refractivity contribution in [3.63, 3.8) is 0 Å². The summed E-state index contributed by atoms with van der Waals surface area (Å²) in [6.45, 7) is 3.07. The number of carboxylic acids is 1. The molecule has 12 atom stereocenters. The summed E-state index contributed by atoms with van der Waals surface area (Å²) >= 11 is 0. The molecule has 18 nitrogen and oxygen atoms in total. The fourth-order valence-electron chi connectivity index (χ4n) is 5.43. The molecule has 0 bridgehead atoms. The van der Waals surface area contributed by atoms with Crippen LogP contribution in [0.1, 0.15) is 90.9 Å². The minimum absolute atomic E-state index is 0. The van der Waals surface area contributed by atoms with Crippen molar-refractivity contribution in [3.8, 4) is 0 Å². The van der Waals surface area contributed by atoms with Gasteiger partial charge in [0.15, 0.2) is 18.7 Å². The number of rotatable bonds is 18.